The molecule has 0 spiro atoms. The lowest BCUT2D eigenvalue weighted by Crippen LogP contribution is -2.00. The van der Waals surface area contributed by atoms with Crippen molar-refractivity contribution in [1.29, 1.82) is 0 Å². The minimum atomic E-state index is -2.76. The number of rotatable bonds is 1. The minimum absolute atomic E-state index is 0.0563. The van der Waals surface area contributed by atoms with Gasteiger partial charge in [0.05, 0.1) is 11.4 Å². The lowest BCUT2D eigenvalue weighted by molar-refractivity contribution is 0.615. The Morgan fingerprint density at radius 1 is 1.00 bits per heavy atom. The van der Waals surface area contributed by atoms with E-state index in [1.54, 1.807) is 0 Å². The van der Waals surface area contributed by atoms with Crippen LogP contribution in [0.25, 0.3) is 0 Å². The van der Waals surface area contributed by atoms with E-state index in [1.807, 2.05) is 0 Å². The Kier molecular flexibility index (Phi) is 2.09. The molecule has 0 fully saturated rings. The zero-order valence-corrected chi connectivity index (χ0v) is 7.04. The van der Waals surface area contributed by atoms with Crippen molar-refractivity contribution in [3.63, 3.8) is 0 Å². The van der Waals surface area contributed by atoms with Crippen molar-refractivity contribution >= 4 is 27.8 Å². The summed E-state index contributed by atoms with van der Waals surface area (Å²) in [5, 5.41) is 0. The van der Waals surface area contributed by atoms with Crippen LogP contribution in [0.3, 0.4) is 0 Å². The highest BCUT2D eigenvalue weighted by Crippen LogP contribution is 2.24. The highest BCUT2D eigenvalue weighted by Gasteiger charge is 2.06. The van der Waals surface area contributed by atoms with Gasteiger partial charge in [-0.2, -0.15) is 0 Å². The zero-order chi connectivity index (χ0) is 9.30. The number of nitrogens with two attached hydrogens (primary N) is 3. The molecule has 66 valence electrons. The molecule has 1 aromatic carbocycles. The van der Waals surface area contributed by atoms with Gasteiger partial charge in [0.2, 0.25) is 0 Å². The molecule has 0 bridgehead atoms. The topological polar surface area (TPSA) is 112 Å². The molecule has 0 heterocycles. The summed E-state index contributed by atoms with van der Waals surface area (Å²) >= 11 is 0. The highest BCUT2D eigenvalue weighted by molar-refractivity contribution is 7.72. The second-order valence-electron chi connectivity index (χ2n) is 2.31. The Hall–Kier alpha value is -1.43. The van der Waals surface area contributed by atoms with E-state index in [1.165, 1.54) is 12.1 Å². The van der Waals surface area contributed by atoms with E-state index < -0.39 is 10.7 Å². The molecule has 0 aliphatic rings. The van der Waals surface area contributed by atoms with Crippen LogP contribution in [0.2, 0.25) is 0 Å². The molecule has 0 aliphatic carbocycles. The van der Waals surface area contributed by atoms with Crippen molar-refractivity contribution < 1.29 is 8.42 Å². The predicted molar refractivity (Wildman–Crippen MR) is 48.3 cm³/mol. The normalized spacial score (nSPS) is 10.4. The fourth-order valence-corrected chi connectivity index (χ4v) is 1.47. The van der Waals surface area contributed by atoms with Crippen LogP contribution in [0.4, 0.5) is 17.1 Å². The molecule has 0 saturated carbocycles. The first-order chi connectivity index (χ1) is 5.52. The third-order valence-corrected chi connectivity index (χ3v) is 2.26. The van der Waals surface area contributed by atoms with Gasteiger partial charge in [-0.3, -0.25) is 0 Å². The summed E-state index contributed by atoms with van der Waals surface area (Å²) in [5.41, 5.74) is 16.7. The molecular weight excluding hydrogens is 178 g/mol. The molecule has 5 nitrogen and oxygen atoms in total. The van der Waals surface area contributed by atoms with E-state index in [0.29, 0.717) is 5.69 Å². The molecule has 0 amide bonds. The Morgan fingerprint density at radius 2 is 1.42 bits per heavy atom. The Bertz CT molecular complexity index is 355. The van der Waals surface area contributed by atoms with E-state index in [2.05, 4.69) is 0 Å². The average molecular weight is 187 g/mol. The fourth-order valence-electron chi connectivity index (χ4n) is 0.915. The van der Waals surface area contributed by atoms with Crippen molar-refractivity contribution in [2.24, 2.45) is 0 Å². The summed E-state index contributed by atoms with van der Waals surface area (Å²) in [7, 11) is -2.76. The molecule has 0 saturated heterocycles. The summed E-state index contributed by atoms with van der Waals surface area (Å²) in [5.74, 6) is 0. The van der Waals surface area contributed by atoms with Crippen LogP contribution in [0.5, 0.6) is 0 Å². The average Bonchev–Trinajstić information content (AvgIpc) is 1.82. The SMILES string of the molecule is Nc1cc(N)c([SH](=O)=O)c(N)c1. The quantitative estimate of drug-likeness (QED) is 0.346. The van der Waals surface area contributed by atoms with E-state index in [-0.39, 0.29) is 16.3 Å². The molecule has 0 aromatic heterocycles. The number of nitrogen functional groups attached to an aromatic ring is 3. The maximum atomic E-state index is 10.6. The Morgan fingerprint density at radius 3 is 1.75 bits per heavy atom. The predicted octanol–water partition coefficient (Wildman–Crippen LogP) is -0.597. The first-order valence-corrected chi connectivity index (χ1v) is 4.29. The summed E-state index contributed by atoms with van der Waals surface area (Å²) in [6.07, 6.45) is 0. The van der Waals surface area contributed by atoms with Crippen LogP contribution in [-0.2, 0) is 10.7 Å². The Balaban J connectivity index is 3.48. The van der Waals surface area contributed by atoms with Crippen molar-refractivity contribution in [2.45, 2.75) is 4.90 Å². The van der Waals surface area contributed by atoms with Gasteiger partial charge in [-0.1, -0.05) is 0 Å². The van der Waals surface area contributed by atoms with Crippen molar-refractivity contribution in [3.8, 4) is 0 Å². The largest absolute Gasteiger partial charge is 0.399 e. The van der Waals surface area contributed by atoms with Crippen LogP contribution < -0.4 is 17.2 Å². The van der Waals surface area contributed by atoms with Crippen LogP contribution in [0, 0.1) is 0 Å². The number of thiol groups is 1. The molecule has 6 N–H and O–H groups in total. The maximum Gasteiger partial charge on any atom is 0.172 e. The summed E-state index contributed by atoms with van der Waals surface area (Å²) in [6.45, 7) is 0. The Labute approximate surface area is 71.1 Å². The first-order valence-electron chi connectivity index (χ1n) is 3.11. The van der Waals surface area contributed by atoms with E-state index >= 15 is 0 Å². The van der Waals surface area contributed by atoms with Gasteiger partial charge >= 0.3 is 0 Å². The van der Waals surface area contributed by atoms with Crippen molar-refractivity contribution in [3.05, 3.63) is 12.1 Å². The lowest BCUT2D eigenvalue weighted by Gasteiger charge is -2.03. The fraction of sp³-hybridized carbons (Fsp3) is 0. The number of hydrogen-bond donors (Lipinski definition) is 4. The molecule has 6 heteroatoms. The van der Waals surface area contributed by atoms with Gasteiger partial charge in [-0.25, -0.2) is 8.42 Å². The van der Waals surface area contributed by atoms with Gasteiger partial charge < -0.3 is 17.2 Å². The molecule has 1 aromatic rings. The van der Waals surface area contributed by atoms with Crippen LogP contribution in [0.15, 0.2) is 17.0 Å². The summed E-state index contributed by atoms with van der Waals surface area (Å²) < 4.78 is 21.2. The monoisotopic (exact) mass is 187 g/mol. The molecule has 12 heavy (non-hydrogen) atoms. The number of hydrogen-bond acceptors (Lipinski definition) is 5. The van der Waals surface area contributed by atoms with Gasteiger partial charge in [-0.15, -0.1) is 0 Å². The second-order valence-corrected chi connectivity index (χ2v) is 3.27. The third kappa shape index (κ3) is 1.42. The summed E-state index contributed by atoms with van der Waals surface area (Å²) in [6, 6.07) is 2.72. The number of benzene rings is 1. The molecule has 0 radical (unpaired) electrons. The third-order valence-electron chi connectivity index (χ3n) is 1.37. The number of anilines is 3. The van der Waals surface area contributed by atoms with Crippen LogP contribution in [0.1, 0.15) is 0 Å². The molecule has 0 unspecified atom stereocenters. The first kappa shape index (κ1) is 8.66. The van der Waals surface area contributed by atoms with Crippen molar-refractivity contribution in [1.82, 2.24) is 0 Å². The van der Waals surface area contributed by atoms with Gasteiger partial charge in [0.1, 0.15) is 4.90 Å². The minimum Gasteiger partial charge on any atom is -0.399 e. The molecule has 0 atom stereocenters. The van der Waals surface area contributed by atoms with Crippen LogP contribution >= 0.6 is 0 Å². The van der Waals surface area contributed by atoms with Gasteiger partial charge in [0.25, 0.3) is 0 Å². The zero-order valence-electron chi connectivity index (χ0n) is 6.15. The van der Waals surface area contributed by atoms with Gasteiger partial charge in [-0.05, 0) is 12.1 Å². The lowest BCUT2D eigenvalue weighted by atomic mass is 10.2. The molecule has 0 aliphatic heterocycles. The van der Waals surface area contributed by atoms with Crippen LogP contribution in [-0.4, -0.2) is 8.42 Å². The van der Waals surface area contributed by atoms with Gasteiger partial charge in [0, 0.05) is 5.69 Å². The molecule has 1 rings (SSSR count). The standard InChI is InChI=1S/C6H9N3O2S/c7-3-1-4(8)6(12(10)11)5(9)2-3/h1-2,12H,7-9H2. The smallest absolute Gasteiger partial charge is 0.172 e. The molecular formula is C6H9N3O2S. The van der Waals surface area contributed by atoms with Crippen molar-refractivity contribution in [2.75, 3.05) is 17.2 Å². The summed E-state index contributed by atoms with van der Waals surface area (Å²) in [4.78, 5) is -0.0563. The highest BCUT2D eigenvalue weighted by atomic mass is 32.2. The second kappa shape index (κ2) is 2.90. The van der Waals surface area contributed by atoms with Gasteiger partial charge in [0.15, 0.2) is 10.7 Å². The maximum absolute atomic E-state index is 10.6. The van der Waals surface area contributed by atoms with E-state index in [4.69, 9.17) is 17.2 Å². The van der Waals surface area contributed by atoms with E-state index in [0.717, 1.165) is 0 Å². The van der Waals surface area contributed by atoms with E-state index in [9.17, 15) is 8.42 Å².